The molecule has 0 aliphatic heterocycles. The predicted molar refractivity (Wildman–Crippen MR) is 53.9 cm³/mol. The van der Waals surface area contributed by atoms with Crippen molar-refractivity contribution in [3.05, 3.63) is 12.2 Å². The van der Waals surface area contributed by atoms with Gasteiger partial charge in [0.2, 0.25) is 0 Å². The summed E-state index contributed by atoms with van der Waals surface area (Å²) in [5.41, 5.74) is 1.21. The molecule has 0 bridgehead atoms. The fourth-order valence-corrected chi connectivity index (χ4v) is 0.479. The van der Waals surface area contributed by atoms with Gasteiger partial charge in [0.1, 0.15) is 0 Å². The first kappa shape index (κ1) is 13.3. The first-order valence-corrected chi connectivity index (χ1v) is 4.54. The van der Waals surface area contributed by atoms with Crippen molar-refractivity contribution in [2.45, 2.75) is 40.5 Å². The molecule has 0 aliphatic rings. The minimum absolute atomic E-state index is 0.966. The van der Waals surface area contributed by atoms with E-state index in [0.717, 1.165) is 13.1 Å². The lowest BCUT2D eigenvalue weighted by atomic mass is 10.3. The van der Waals surface area contributed by atoms with E-state index in [1.807, 2.05) is 6.92 Å². The van der Waals surface area contributed by atoms with Crippen LogP contribution in [0.3, 0.4) is 0 Å². The van der Waals surface area contributed by atoms with Gasteiger partial charge in [0.15, 0.2) is 0 Å². The first-order valence-electron chi connectivity index (χ1n) is 4.54. The standard InChI is InChI=1S/C7H15N.C3H8/c1-4-5-8-6-7(2)3;1-3-2/h8H,2,4-6H2,1,3H3;3H2,1-2H3. The molecule has 1 heteroatoms. The highest BCUT2D eigenvalue weighted by Gasteiger charge is 1.81. The minimum Gasteiger partial charge on any atom is -0.313 e. The molecule has 0 heterocycles. The Labute approximate surface area is 71.9 Å². The molecule has 0 aromatic carbocycles. The summed E-state index contributed by atoms with van der Waals surface area (Å²) in [6, 6.07) is 0. The van der Waals surface area contributed by atoms with Gasteiger partial charge in [0.25, 0.3) is 0 Å². The van der Waals surface area contributed by atoms with Crippen LogP contribution in [0.25, 0.3) is 0 Å². The zero-order valence-corrected chi connectivity index (χ0v) is 8.54. The van der Waals surface area contributed by atoms with Gasteiger partial charge in [0, 0.05) is 6.54 Å². The van der Waals surface area contributed by atoms with Gasteiger partial charge in [-0.25, -0.2) is 0 Å². The quantitative estimate of drug-likeness (QED) is 0.488. The maximum absolute atomic E-state index is 3.76. The van der Waals surface area contributed by atoms with Crippen molar-refractivity contribution in [2.75, 3.05) is 13.1 Å². The minimum atomic E-state index is 0.966. The molecular weight excluding hydrogens is 134 g/mol. The molecule has 1 nitrogen and oxygen atoms in total. The molecule has 0 unspecified atom stereocenters. The molecule has 0 spiro atoms. The second kappa shape index (κ2) is 12.4. The van der Waals surface area contributed by atoms with Gasteiger partial charge >= 0.3 is 0 Å². The monoisotopic (exact) mass is 157 g/mol. The molecule has 11 heavy (non-hydrogen) atoms. The number of nitrogens with one attached hydrogen (secondary N) is 1. The Morgan fingerprint density at radius 1 is 1.27 bits per heavy atom. The van der Waals surface area contributed by atoms with E-state index < -0.39 is 0 Å². The largest absolute Gasteiger partial charge is 0.313 e. The number of hydrogen-bond donors (Lipinski definition) is 1. The Morgan fingerprint density at radius 2 is 1.73 bits per heavy atom. The Kier molecular flexibility index (Phi) is 15.0. The highest BCUT2D eigenvalue weighted by Crippen LogP contribution is 1.80. The third-order valence-corrected chi connectivity index (χ3v) is 0.854. The zero-order chi connectivity index (χ0) is 9.11. The van der Waals surface area contributed by atoms with E-state index in [1.54, 1.807) is 0 Å². The molecule has 0 atom stereocenters. The SMILES string of the molecule is C=C(C)CNCCC.CCC. The summed E-state index contributed by atoms with van der Waals surface area (Å²) in [7, 11) is 0. The van der Waals surface area contributed by atoms with E-state index in [1.165, 1.54) is 18.4 Å². The van der Waals surface area contributed by atoms with E-state index in [-0.39, 0.29) is 0 Å². The second-order valence-corrected chi connectivity index (χ2v) is 2.84. The van der Waals surface area contributed by atoms with Gasteiger partial charge in [0.05, 0.1) is 0 Å². The third kappa shape index (κ3) is 26.0. The van der Waals surface area contributed by atoms with E-state index in [2.05, 4.69) is 32.7 Å². The van der Waals surface area contributed by atoms with Gasteiger partial charge in [-0.1, -0.05) is 39.3 Å². The van der Waals surface area contributed by atoms with Gasteiger partial charge in [-0.15, -0.1) is 0 Å². The molecular formula is C10H23N. The second-order valence-electron chi connectivity index (χ2n) is 2.84. The Balaban J connectivity index is 0. The third-order valence-electron chi connectivity index (χ3n) is 0.854. The Morgan fingerprint density at radius 3 is 2.00 bits per heavy atom. The van der Waals surface area contributed by atoms with Crippen LogP contribution in [0.4, 0.5) is 0 Å². The summed E-state index contributed by atoms with van der Waals surface area (Å²) in [4.78, 5) is 0. The van der Waals surface area contributed by atoms with Crippen LogP contribution >= 0.6 is 0 Å². The van der Waals surface area contributed by atoms with Crippen molar-refractivity contribution in [3.8, 4) is 0 Å². The molecule has 0 rings (SSSR count). The van der Waals surface area contributed by atoms with Crippen molar-refractivity contribution in [2.24, 2.45) is 0 Å². The van der Waals surface area contributed by atoms with E-state index in [9.17, 15) is 0 Å². The molecule has 0 fully saturated rings. The van der Waals surface area contributed by atoms with Crippen LogP contribution in [0.2, 0.25) is 0 Å². The average Bonchev–Trinajstić information content (AvgIpc) is 1.89. The van der Waals surface area contributed by atoms with E-state index >= 15 is 0 Å². The topological polar surface area (TPSA) is 12.0 Å². The fourth-order valence-electron chi connectivity index (χ4n) is 0.479. The summed E-state index contributed by atoms with van der Waals surface area (Å²) < 4.78 is 0. The number of hydrogen-bond acceptors (Lipinski definition) is 1. The highest BCUT2D eigenvalue weighted by molar-refractivity contribution is 4.90. The zero-order valence-electron chi connectivity index (χ0n) is 8.54. The summed E-state index contributed by atoms with van der Waals surface area (Å²) in [6.45, 7) is 14.3. The highest BCUT2D eigenvalue weighted by atomic mass is 14.8. The van der Waals surface area contributed by atoms with Crippen molar-refractivity contribution < 1.29 is 0 Å². The van der Waals surface area contributed by atoms with Crippen LogP contribution in [0.15, 0.2) is 12.2 Å². The van der Waals surface area contributed by atoms with Crippen molar-refractivity contribution in [1.29, 1.82) is 0 Å². The molecule has 0 saturated carbocycles. The van der Waals surface area contributed by atoms with Crippen LogP contribution in [0.1, 0.15) is 40.5 Å². The van der Waals surface area contributed by atoms with Crippen LogP contribution in [0, 0.1) is 0 Å². The first-order chi connectivity index (χ1) is 5.18. The van der Waals surface area contributed by atoms with Crippen molar-refractivity contribution in [1.82, 2.24) is 5.32 Å². The van der Waals surface area contributed by atoms with Crippen LogP contribution in [-0.2, 0) is 0 Å². The van der Waals surface area contributed by atoms with Crippen molar-refractivity contribution >= 4 is 0 Å². The smallest absolute Gasteiger partial charge is 0.0159 e. The van der Waals surface area contributed by atoms with Crippen LogP contribution in [0.5, 0.6) is 0 Å². The van der Waals surface area contributed by atoms with Gasteiger partial charge in [-0.3, -0.25) is 0 Å². The van der Waals surface area contributed by atoms with E-state index in [0.29, 0.717) is 0 Å². The lowest BCUT2D eigenvalue weighted by Gasteiger charge is -1.98. The molecule has 0 aromatic rings. The molecule has 0 aromatic heterocycles. The normalized spacial score (nSPS) is 8.36. The maximum Gasteiger partial charge on any atom is 0.0159 e. The Hall–Kier alpha value is -0.300. The molecule has 0 amide bonds. The summed E-state index contributed by atoms with van der Waals surface area (Å²) >= 11 is 0. The average molecular weight is 157 g/mol. The summed E-state index contributed by atoms with van der Waals surface area (Å²) in [5.74, 6) is 0. The number of rotatable bonds is 4. The van der Waals surface area contributed by atoms with Gasteiger partial charge < -0.3 is 5.32 Å². The van der Waals surface area contributed by atoms with Crippen molar-refractivity contribution in [3.63, 3.8) is 0 Å². The van der Waals surface area contributed by atoms with Gasteiger partial charge in [-0.05, 0) is 19.9 Å². The molecule has 1 N–H and O–H groups in total. The molecule has 0 aliphatic carbocycles. The molecule has 0 radical (unpaired) electrons. The predicted octanol–water partition coefficient (Wildman–Crippen LogP) is 2.98. The lowest BCUT2D eigenvalue weighted by Crippen LogP contribution is -2.16. The van der Waals surface area contributed by atoms with Crippen LogP contribution < -0.4 is 5.32 Å². The van der Waals surface area contributed by atoms with Gasteiger partial charge in [-0.2, -0.15) is 0 Å². The Bertz CT molecular complexity index is 76.9. The fraction of sp³-hybridized carbons (Fsp3) is 0.800. The van der Waals surface area contributed by atoms with E-state index in [4.69, 9.17) is 0 Å². The molecule has 68 valence electrons. The summed E-state index contributed by atoms with van der Waals surface area (Å²) in [6.07, 6.45) is 2.45. The maximum atomic E-state index is 3.76. The summed E-state index contributed by atoms with van der Waals surface area (Å²) in [5, 5.41) is 3.23. The lowest BCUT2D eigenvalue weighted by molar-refractivity contribution is 0.715. The van der Waals surface area contributed by atoms with Crippen LogP contribution in [-0.4, -0.2) is 13.1 Å². The molecule has 0 saturated heterocycles.